The molecule has 192 valence electrons. The molecule has 3 atom stereocenters. The molecule has 0 spiro atoms. The molecule has 3 amide bonds. The van der Waals surface area contributed by atoms with E-state index in [2.05, 4.69) is 16.0 Å². The average molecular weight is 499 g/mol. The molecule has 2 aromatic carbocycles. The van der Waals surface area contributed by atoms with E-state index in [9.17, 15) is 29.1 Å². The summed E-state index contributed by atoms with van der Waals surface area (Å²) in [5.74, 6) is -4.66. The number of rotatable bonds is 14. The predicted molar refractivity (Wildman–Crippen MR) is 130 cm³/mol. The maximum atomic E-state index is 13.1. The molecular formula is C25H30N4O7. The molecule has 0 heterocycles. The van der Waals surface area contributed by atoms with Crippen LogP contribution in [0, 0.1) is 0 Å². The molecule has 0 saturated carbocycles. The molecule has 0 aliphatic carbocycles. The standard InChI is InChI=1S/C25H30N4O7/c26-15-21(30)27-19(13-16-7-3-1-4-8-16)24(34)28-18(11-12-22(31)32)23(33)29-20(25(35)36)14-17-9-5-2-6-10-17/h1-10,18-20H,11-15,26H2,(H,27,30)(H,28,34)(H,29,33)(H,31,32)(H,35,36). The van der Waals surface area contributed by atoms with Crippen LogP contribution in [-0.4, -0.2) is 64.5 Å². The van der Waals surface area contributed by atoms with Gasteiger partial charge in [0.25, 0.3) is 0 Å². The second kappa shape index (κ2) is 14.2. The van der Waals surface area contributed by atoms with Crippen LogP contribution in [0.5, 0.6) is 0 Å². The maximum Gasteiger partial charge on any atom is 0.326 e. The van der Waals surface area contributed by atoms with E-state index in [0.29, 0.717) is 5.56 Å². The van der Waals surface area contributed by atoms with Gasteiger partial charge in [0.05, 0.1) is 6.54 Å². The number of nitrogens with one attached hydrogen (secondary N) is 3. The fourth-order valence-electron chi connectivity index (χ4n) is 3.44. The van der Waals surface area contributed by atoms with E-state index in [1.165, 1.54) is 0 Å². The summed E-state index contributed by atoms with van der Waals surface area (Å²) >= 11 is 0. The maximum absolute atomic E-state index is 13.1. The van der Waals surface area contributed by atoms with Gasteiger partial charge in [-0.2, -0.15) is 0 Å². The molecule has 11 heteroatoms. The fraction of sp³-hybridized carbons (Fsp3) is 0.320. The molecule has 0 radical (unpaired) electrons. The highest BCUT2D eigenvalue weighted by Crippen LogP contribution is 2.08. The Labute approximate surface area is 208 Å². The second-order valence-electron chi connectivity index (χ2n) is 8.10. The summed E-state index contributed by atoms with van der Waals surface area (Å²) in [7, 11) is 0. The Bertz CT molecular complexity index is 1050. The van der Waals surface area contributed by atoms with E-state index in [4.69, 9.17) is 10.8 Å². The minimum Gasteiger partial charge on any atom is -0.481 e. The van der Waals surface area contributed by atoms with Gasteiger partial charge in [0, 0.05) is 19.3 Å². The zero-order valence-corrected chi connectivity index (χ0v) is 19.6. The van der Waals surface area contributed by atoms with Crippen LogP contribution in [0.25, 0.3) is 0 Å². The Morgan fingerprint density at radius 2 is 1.17 bits per heavy atom. The highest BCUT2D eigenvalue weighted by Gasteiger charge is 2.30. The van der Waals surface area contributed by atoms with E-state index in [1.807, 2.05) is 0 Å². The van der Waals surface area contributed by atoms with Crippen molar-refractivity contribution in [2.24, 2.45) is 5.73 Å². The summed E-state index contributed by atoms with van der Waals surface area (Å²) in [5.41, 5.74) is 6.76. The third-order valence-corrected chi connectivity index (χ3v) is 5.30. The first-order valence-corrected chi connectivity index (χ1v) is 11.3. The van der Waals surface area contributed by atoms with E-state index < -0.39 is 54.2 Å². The van der Waals surface area contributed by atoms with Crippen LogP contribution >= 0.6 is 0 Å². The summed E-state index contributed by atoms with van der Waals surface area (Å²) in [6, 6.07) is 13.7. The number of benzene rings is 2. The van der Waals surface area contributed by atoms with Crippen molar-refractivity contribution < 1.29 is 34.2 Å². The van der Waals surface area contributed by atoms with Crippen molar-refractivity contribution in [2.45, 2.75) is 43.8 Å². The van der Waals surface area contributed by atoms with E-state index in [-0.39, 0.29) is 25.8 Å². The van der Waals surface area contributed by atoms with Crippen molar-refractivity contribution in [1.29, 1.82) is 0 Å². The number of carbonyl (C=O) groups is 5. The topological polar surface area (TPSA) is 188 Å². The average Bonchev–Trinajstić information content (AvgIpc) is 2.86. The van der Waals surface area contributed by atoms with Gasteiger partial charge >= 0.3 is 11.9 Å². The SMILES string of the molecule is NCC(=O)NC(Cc1ccccc1)C(=O)NC(CCC(=O)O)C(=O)NC(Cc1ccccc1)C(=O)O. The molecule has 11 nitrogen and oxygen atoms in total. The first kappa shape index (κ1) is 28.0. The van der Waals surface area contributed by atoms with Crippen LogP contribution in [0.3, 0.4) is 0 Å². The Hall–Kier alpha value is -4.25. The first-order valence-electron chi connectivity index (χ1n) is 11.3. The van der Waals surface area contributed by atoms with Gasteiger partial charge < -0.3 is 31.9 Å². The van der Waals surface area contributed by atoms with Crippen molar-refractivity contribution in [1.82, 2.24) is 16.0 Å². The number of carboxylic acid groups (broad SMARTS) is 2. The minimum absolute atomic E-state index is 0.00923. The highest BCUT2D eigenvalue weighted by atomic mass is 16.4. The number of hydrogen-bond acceptors (Lipinski definition) is 6. The number of hydrogen-bond donors (Lipinski definition) is 6. The molecule has 0 fully saturated rings. The van der Waals surface area contributed by atoms with Crippen molar-refractivity contribution >= 4 is 29.7 Å². The molecule has 0 saturated heterocycles. The largest absolute Gasteiger partial charge is 0.481 e. The molecule has 36 heavy (non-hydrogen) atoms. The molecule has 3 unspecified atom stereocenters. The quantitative estimate of drug-likeness (QED) is 0.207. The third-order valence-electron chi connectivity index (χ3n) is 5.30. The van der Waals surface area contributed by atoms with Gasteiger partial charge in [-0.15, -0.1) is 0 Å². The van der Waals surface area contributed by atoms with Crippen LogP contribution in [0.4, 0.5) is 0 Å². The van der Waals surface area contributed by atoms with Crippen LogP contribution < -0.4 is 21.7 Å². The lowest BCUT2D eigenvalue weighted by Gasteiger charge is -2.24. The Balaban J connectivity index is 2.18. The van der Waals surface area contributed by atoms with E-state index >= 15 is 0 Å². The highest BCUT2D eigenvalue weighted by molar-refractivity contribution is 5.94. The lowest BCUT2D eigenvalue weighted by molar-refractivity contribution is -0.143. The Morgan fingerprint density at radius 3 is 1.64 bits per heavy atom. The lowest BCUT2D eigenvalue weighted by Crippen LogP contribution is -2.57. The zero-order valence-electron chi connectivity index (χ0n) is 19.6. The smallest absolute Gasteiger partial charge is 0.326 e. The number of carbonyl (C=O) groups excluding carboxylic acids is 3. The van der Waals surface area contributed by atoms with Gasteiger partial charge in [-0.3, -0.25) is 19.2 Å². The molecular weight excluding hydrogens is 468 g/mol. The van der Waals surface area contributed by atoms with Crippen molar-refractivity contribution in [2.75, 3.05) is 6.54 Å². The monoisotopic (exact) mass is 498 g/mol. The van der Waals surface area contributed by atoms with E-state index in [1.54, 1.807) is 60.7 Å². The number of aliphatic carboxylic acids is 2. The van der Waals surface area contributed by atoms with Crippen molar-refractivity contribution in [3.8, 4) is 0 Å². The summed E-state index contributed by atoms with van der Waals surface area (Å²) in [6.07, 6.45) is -0.650. The Kier molecular flexibility index (Phi) is 11.1. The van der Waals surface area contributed by atoms with Crippen LogP contribution in [0.1, 0.15) is 24.0 Å². The van der Waals surface area contributed by atoms with Gasteiger partial charge in [0.1, 0.15) is 18.1 Å². The lowest BCUT2D eigenvalue weighted by atomic mass is 10.0. The predicted octanol–water partition coefficient (Wildman–Crippen LogP) is -0.166. The second-order valence-corrected chi connectivity index (χ2v) is 8.10. The fourth-order valence-corrected chi connectivity index (χ4v) is 3.44. The van der Waals surface area contributed by atoms with Gasteiger partial charge in [0.2, 0.25) is 17.7 Å². The number of nitrogens with two attached hydrogens (primary N) is 1. The number of amides is 3. The molecule has 0 bridgehead atoms. The number of carboxylic acids is 2. The summed E-state index contributed by atoms with van der Waals surface area (Å²) < 4.78 is 0. The minimum atomic E-state index is -1.35. The van der Waals surface area contributed by atoms with Gasteiger partial charge in [-0.1, -0.05) is 60.7 Å². The van der Waals surface area contributed by atoms with Gasteiger partial charge in [-0.25, -0.2) is 4.79 Å². The van der Waals surface area contributed by atoms with Crippen LogP contribution in [-0.2, 0) is 36.8 Å². The zero-order chi connectivity index (χ0) is 26.5. The summed E-state index contributed by atoms with van der Waals surface area (Å²) in [6.45, 7) is -0.360. The van der Waals surface area contributed by atoms with Crippen molar-refractivity contribution in [3.63, 3.8) is 0 Å². The van der Waals surface area contributed by atoms with E-state index in [0.717, 1.165) is 5.56 Å². The normalized spacial score (nSPS) is 13.0. The molecule has 0 aliphatic rings. The summed E-state index contributed by atoms with van der Waals surface area (Å²) in [5, 5.41) is 26.0. The Morgan fingerprint density at radius 1 is 0.694 bits per heavy atom. The molecule has 2 rings (SSSR count). The van der Waals surface area contributed by atoms with Gasteiger partial charge in [0.15, 0.2) is 0 Å². The summed E-state index contributed by atoms with van der Waals surface area (Å²) in [4.78, 5) is 60.8. The van der Waals surface area contributed by atoms with Crippen LogP contribution in [0.2, 0.25) is 0 Å². The molecule has 2 aromatic rings. The van der Waals surface area contributed by atoms with Gasteiger partial charge in [-0.05, 0) is 17.5 Å². The first-order chi connectivity index (χ1) is 17.2. The molecule has 0 aliphatic heterocycles. The molecule has 7 N–H and O–H groups in total. The van der Waals surface area contributed by atoms with Crippen LogP contribution in [0.15, 0.2) is 60.7 Å². The van der Waals surface area contributed by atoms with Crippen molar-refractivity contribution in [3.05, 3.63) is 71.8 Å². The third kappa shape index (κ3) is 9.55. The molecule has 0 aromatic heterocycles.